The van der Waals surface area contributed by atoms with Crippen molar-refractivity contribution in [1.29, 1.82) is 0 Å². The van der Waals surface area contributed by atoms with Crippen molar-refractivity contribution in [3.05, 3.63) is 107 Å². The predicted octanol–water partition coefficient (Wildman–Crippen LogP) is 6.15. The molecule has 6 aromatic rings. The van der Waals surface area contributed by atoms with Crippen LogP contribution in [0.15, 0.2) is 96.1 Å². The number of benzene rings is 3. The summed E-state index contributed by atoms with van der Waals surface area (Å²) in [5, 5.41) is 1.99. The number of fused-ring (bicyclic) bond motifs is 4. The number of para-hydroxylation sites is 1. The largest absolute Gasteiger partial charge is 0.339 e. The Balaban J connectivity index is 0.00000302. The molecule has 204 valence electrons. The maximum atomic E-state index is 13.6. The number of carbonyl (C=O) groups excluding carboxylic acids is 1. The monoisotopic (exact) mass is 561 g/mol. The van der Waals surface area contributed by atoms with Crippen LogP contribution >= 0.6 is 12.4 Å². The fraction of sp³-hybridized carbons (Fsp3) is 0.152. The molecule has 0 fully saturated rings. The van der Waals surface area contributed by atoms with E-state index in [-0.39, 0.29) is 24.0 Å². The smallest absolute Gasteiger partial charge is 0.333 e. The molecular formula is C33H28ClN5O2. The molecule has 0 N–H and O–H groups in total. The topological polar surface area (TPSA) is 73.0 Å². The summed E-state index contributed by atoms with van der Waals surface area (Å²) in [5.74, 6) is 0.0998. The van der Waals surface area contributed by atoms with Crippen molar-refractivity contribution in [1.82, 2.24) is 24.0 Å². The molecule has 1 aliphatic rings. The minimum Gasteiger partial charge on any atom is -0.339 e. The Hall–Kier alpha value is -4.75. The summed E-state index contributed by atoms with van der Waals surface area (Å²) in [4.78, 5) is 36.4. The van der Waals surface area contributed by atoms with E-state index in [1.54, 1.807) is 29.3 Å². The SMILES string of the molecule is CC(=O)N1CC=C(c2ccc(-n3c(=O)n(C)c4cnc5ccc(-c6cnc7ccccc7c6)cc5c43)cc2)CC1.Cl. The van der Waals surface area contributed by atoms with E-state index in [4.69, 9.17) is 0 Å². The second-order valence-electron chi connectivity index (χ2n) is 10.3. The lowest BCUT2D eigenvalue weighted by molar-refractivity contribution is -0.128. The van der Waals surface area contributed by atoms with E-state index in [1.807, 2.05) is 47.5 Å². The number of halogens is 1. The van der Waals surface area contributed by atoms with E-state index < -0.39 is 0 Å². The van der Waals surface area contributed by atoms with Crippen LogP contribution in [0.2, 0.25) is 0 Å². The second-order valence-corrected chi connectivity index (χ2v) is 10.3. The number of nitrogens with zero attached hydrogens (tertiary/aromatic N) is 5. The van der Waals surface area contributed by atoms with Crippen LogP contribution in [0.5, 0.6) is 0 Å². The Morgan fingerprint density at radius 2 is 1.61 bits per heavy atom. The molecule has 7 rings (SSSR count). The maximum Gasteiger partial charge on any atom is 0.333 e. The first kappa shape index (κ1) is 26.5. The zero-order chi connectivity index (χ0) is 27.4. The summed E-state index contributed by atoms with van der Waals surface area (Å²) in [6.45, 7) is 2.96. The lowest BCUT2D eigenvalue weighted by atomic mass is 9.99. The average Bonchev–Trinajstić information content (AvgIpc) is 3.26. The second kappa shape index (κ2) is 10.3. The summed E-state index contributed by atoms with van der Waals surface area (Å²) >= 11 is 0. The Bertz CT molecular complexity index is 2060. The van der Waals surface area contributed by atoms with Gasteiger partial charge >= 0.3 is 5.69 Å². The minimum absolute atomic E-state index is 0. The zero-order valence-corrected chi connectivity index (χ0v) is 23.6. The number of aryl methyl sites for hydroxylation is 1. The van der Waals surface area contributed by atoms with E-state index in [2.05, 4.69) is 52.4 Å². The third-order valence-electron chi connectivity index (χ3n) is 7.96. The number of rotatable bonds is 3. The molecular weight excluding hydrogens is 534 g/mol. The van der Waals surface area contributed by atoms with Gasteiger partial charge in [0.2, 0.25) is 5.91 Å². The normalized spacial score (nSPS) is 13.4. The summed E-state index contributed by atoms with van der Waals surface area (Å²) in [5.41, 5.74) is 8.41. The van der Waals surface area contributed by atoms with Gasteiger partial charge in [-0.05, 0) is 59.5 Å². The highest BCUT2D eigenvalue weighted by Gasteiger charge is 2.18. The molecule has 3 aromatic carbocycles. The van der Waals surface area contributed by atoms with Crippen molar-refractivity contribution < 1.29 is 4.79 Å². The van der Waals surface area contributed by atoms with Crippen molar-refractivity contribution in [3.8, 4) is 16.8 Å². The van der Waals surface area contributed by atoms with Gasteiger partial charge in [-0.15, -0.1) is 12.4 Å². The number of carbonyl (C=O) groups is 1. The van der Waals surface area contributed by atoms with Crippen LogP contribution in [-0.2, 0) is 11.8 Å². The molecule has 0 saturated heterocycles. The van der Waals surface area contributed by atoms with Gasteiger partial charge in [-0.2, -0.15) is 0 Å². The van der Waals surface area contributed by atoms with E-state index in [0.29, 0.717) is 6.54 Å². The summed E-state index contributed by atoms with van der Waals surface area (Å²) in [6.07, 6.45) is 6.60. The average molecular weight is 562 g/mol. The van der Waals surface area contributed by atoms with Crippen molar-refractivity contribution in [3.63, 3.8) is 0 Å². The highest BCUT2D eigenvalue weighted by Crippen LogP contribution is 2.31. The van der Waals surface area contributed by atoms with Gasteiger partial charge < -0.3 is 4.90 Å². The van der Waals surface area contributed by atoms with Crippen molar-refractivity contribution in [2.75, 3.05) is 13.1 Å². The maximum absolute atomic E-state index is 13.6. The fourth-order valence-electron chi connectivity index (χ4n) is 5.69. The van der Waals surface area contributed by atoms with Gasteiger partial charge in [-0.1, -0.05) is 42.5 Å². The van der Waals surface area contributed by atoms with Crippen molar-refractivity contribution in [2.24, 2.45) is 7.05 Å². The number of amides is 1. The molecule has 0 saturated carbocycles. The molecule has 1 amide bonds. The third-order valence-corrected chi connectivity index (χ3v) is 7.96. The van der Waals surface area contributed by atoms with E-state index >= 15 is 0 Å². The number of aromatic nitrogens is 4. The Morgan fingerprint density at radius 1 is 0.854 bits per heavy atom. The molecule has 41 heavy (non-hydrogen) atoms. The summed E-state index contributed by atoms with van der Waals surface area (Å²) in [6, 6.07) is 24.5. The van der Waals surface area contributed by atoms with Gasteiger partial charge in [0.15, 0.2) is 0 Å². The predicted molar refractivity (Wildman–Crippen MR) is 167 cm³/mol. The molecule has 0 radical (unpaired) electrons. The van der Waals surface area contributed by atoms with Gasteiger partial charge in [-0.3, -0.25) is 23.9 Å². The highest BCUT2D eigenvalue weighted by atomic mass is 35.5. The molecule has 7 nitrogen and oxygen atoms in total. The van der Waals surface area contributed by atoms with Crippen LogP contribution in [0.1, 0.15) is 18.9 Å². The van der Waals surface area contributed by atoms with Gasteiger partial charge in [-0.25, -0.2) is 4.79 Å². The molecule has 4 heterocycles. The first-order valence-electron chi connectivity index (χ1n) is 13.4. The minimum atomic E-state index is -0.121. The van der Waals surface area contributed by atoms with Gasteiger partial charge in [0.1, 0.15) is 0 Å². The first-order valence-corrected chi connectivity index (χ1v) is 13.4. The molecule has 0 spiro atoms. The van der Waals surface area contributed by atoms with Crippen molar-refractivity contribution in [2.45, 2.75) is 13.3 Å². The van der Waals surface area contributed by atoms with Crippen LogP contribution in [0, 0.1) is 0 Å². The first-order chi connectivity index (χ1) is 19.5. The Morgan fingerprint density at radius 3 is 2.37 bits per heavy atom. The van der Waals surface area contributed by atoms with E-state index in [9.17, 15) is 9.59 Å². The van der Waals surface area contributed by atoms with Crippen molar-refractivity contribution >= 4 is 56.7 Å². The fourth-order valence-corrected chi connectivity index (χ4v) is 5.69. The standard InChI is InChI=1S/C33H27N5O2.ClH/c1-21(39)37-15-13-23(14-16-37)22-7-10-27(11-8-22)38-32-28-18-24(26-17-25-5-3-4-6-29(25)34-19-26)9-12-30(28)35-20-31(32)36(2)33(38)40;/h3-13,17-20H,14-16H2,1-2H3;1H. The zero-order valence-electron chi connectivity index (χ0n) is 22.7. The van der Waals surface area contributed by atoms with Crippen LogP contribution in [0.3, 0.4) is 0 Å². The molecule has 0 atom stereocenters. The number of pyridine rings is 2. The number of hydrogen-bond acceptors (Lipinski definition) is 4. The Kier molecular flexibility index (Phi) is 6.67. The lowest BCUT2D eigenvalue weighted by Crippen LogP contribution is -2.32. The molecule has 3 aromatic heterocycles. The van der Waals surface area contributed by atoms with Crippen LogP contribution in [0.25, 0.3) is 55.2 Å². The highest BCUT2D eigenvalue weighted by molar-refractivity contribution is 6.05. The van der Waals surface area contributed by atoms with Crippen LogP contribution < -0.4 is 5.69 Å². The lowest BCUT2D eigenvalue weighted by Gasteiger charge is -2.25. The molecule has 1 aliphatic heterocycles. The number of imidazole rings is 1. The molecule has 8 heteroatoms. The van der Waals surface area contributed by atoms with Gasteiger partial charge in [0.05, 0.1) is 34.0 Å². The van der Waals surface area contributed by atoms with E-state index in [1.165, 1.54) is 5.57 Å². The van der Waals surface area contributed by atoms with E-state index in [0.717, 1.165) is 68.2 Å². The quantitative estimate of drug-likeness (QED) is 0.260. The summed E-state index contributed by atoms with van der Waals surface area (Å²) in [7, 11) is 1.79. The van der Waals surface area contributed by atoms with Gasteiger partial charge in [0.25, 0.3) is 0 Å². The van der Waals surface area contributed by atoms with Crippen LogP contribution in [-0.4, -0.2) is 43.0 Å². The summed E-state index contributed by atoms with van der Waals surface area (Å²) < 4.78 is 3.43. The molecule has 0 bridgehead atoms. The van der Waals surface area contributed by atoms with Gasteiger partial charge in [0, 0.05) is 49.6 Å². The third kappa shape index (κ3) is 4.48. The van der Waals surface area contributed by atoms with Crippen LogP contribution in [0.4, 0.5) is 0 Å². The Labute approximate surface area is 242 Å². The molecule has 0 aliphatic carbocycles. The number of hydrogen-bond donors (Lipinski definition) is 0. The molecule has 0 unspecified atom stereocenters.